The first-order valence-electron chi connectivity index (χ1n) is 37.4. The van der Waals surface area contributed by atoms with Crippen LogP contribution < -0.4 is 0 Å². The molecule has 16 nitrogen and oxygen atoms in total. The van der Waals surface area contributed by atoms with Crippen LogP contribution in [0.5, 0.6) is 0 Å². The summed E-state index contributed by atoms with van der Waals surface area (Å²) in [5, 5.41) is 20.6. The molecule has 0 rings (SSSR count). The molecule has 0 amide bonds. The van der Waals surface area contributed by atoms with E-state index in [1.54, 1.807) is 0 Å². The summed E-state index contributed by atoms with van der Waals surface area (Å²) in [5.41, 5.74) is 0. The second-order valence-electron chi connectivity index (χ2n) is 24.3. The normalized spacial score (nSPS) is 15.0. The van der Waals surface area contributed by atoms with E-state index in [-0.39, 0.29) is 19.3 Å². The Morgan fingerprint density at radius 1 is 0.293 bits per heavy atom. The van der Waals surface area contributed by atoms with Gasteiger partial charge in [-0.05, 0) is 154 Å². The van der Waals surface area contributed by atoms with Gasteiger partial charge in [-0.25, -0.2) is 9.13 Å². The van der Waals surface area contributed by atoms with Crippen molar-refractivity contribution in [1.29, 1.82) is 0 Å². The average Bonchev–Trinajstić information content (AvgIpc) is 2.07. The van der Waals surface area contributed by atoms with Gasteiger partial charge in [0.05, 0.1) is 26.4 Å². The van der Waals surface area contributed by atoms with Gasteiger partial charge in [0.1, 0.15) is 25.4 Å². The molecule has 0 aromatic rings. The molecule has 5 atom stereocenters. The van der Waals surface area contributed by atoms with E-state index in [1.807, 2.05) is 0 Å². The molecule has 0 aromatic heterocycles. The average molecular weight is 1420 g/mol. The van der Waals surface area contributed by atoms with Crippen molar-refractivity contribution in [2.75, 3.05) is 39.6 Å². The van der Waals surface area contributed by atoms with Crippen LogP contribution in [0.2, 0.25) is 0 Å². The largest absolute Gasteiger partial charge is 0.472 e. The third-order valence-corrected chi connectivity index (χ3v) is 16.8. The van der Waals surface area contributed by atoms with Crippen molar-refractivity contribution in [1.82, 2.24) is 0 Å². The third kappa shape index (κ3) is 73.9. The lowest BCUT2D eigenvalue weighted by atomic mass is 10.1. The molecule has 0 aliphatic carbocycles. The molecule has 0 aromatic carbocycles. The van der Waals surface area contributed by atoms with Gasteiger partial charge in [0.25, 0.3) is 0 Å². The number of ether oxygens (including phenoxy) is 3. The van der Waals surface area contributed by atoms with Gasteiger partial charge >= 0.3 is 33.6 Å². The van der Waals surface area contributed by atoms with Crippen LogP contribution in [0.25, 0.3) is 0 Å². The number of carbonyl (C=O) groups is 3. The highest BCUT2D eigenvalue weighted by molar-refractivity contribution is 7.47. The number of rotatable bonds is 69. The van der Waals surface area contributed by atoms with Gasteiger partial charge in [0.15, 0.2) is 6.10 Å². The van der Waals surface area contributed by atoms with Gasteiger partial charge < -0.3 is 34.2 Å². The lowest BCUT2D eigenvalue weighted by Crippen LogP contribution is -2.30. The number of allylic oxidation sites excluding steroid dienone is 28. The summed E-state index contributed by atoms with van der Waals surface area (Å²) >= 11 is 0. The zero-order valence-corrected chi connectivity index (χ0v) is 62.9. The maximum Gasteiger partial charge on any atom is 0.472 e. The van der Waals surface area contributed by atoms with Gasteiger partial charge in [-0.1, -0.05) is 262 Å². The number of carbonyl (C=O) groups excluding carboxylic acids is 3. The van der Waals surface area contributed by atoms with E-state index in [2.05, 4.69) is 191 Å². The topological polar surface area (TPSA) is 231 Å². The van der Waals surface area contributed by atoms with Crippen LogP contribution in [0.15, 0.2) is 170 Å². The Balaban J connectivity index is 4.71. The summed E-state index contributed by atoms with van der Waals surface area (Å²) in [5.74, 6) is -1.65. The van der Waals surface area contributed by atoms with E-state index in [0.29, 0.717) is 19.3 Å². The van der Waals surface area contributed by atoms with Crippen molar-refractivity contribution in [3.63, 3.8) is 0 Å². The van der Waals surface area contributed by atoms with E-state index >= 15 is 0 Å². The summed E-state index contributed by atoms with van der Waals surface area (Å²) in [6.07, 6.45) is 91.0. The predicted octanol–water partition coefficient (Wildman–Crippen LogP) is 21.6. The van der Waals surface area contributed by atoms with Crippen LogP contribution in [-0.4, -0.2) is 95.9 Å². The number of phosphoric ester groups is 2. The Bertz CT molecular complexity index is 2480. The molecule has 5 unspecified atom stereocenters. The van der Waals surface area contributed by atoms with Crippen LogP contribution in [-0.2, 0) is 55.8 Å². The Labute approximate surface area is 599 Å². The van der Waals surface area contributed by atoms with Gasteiger partial charge in [-0.3, -0.25) is 32.5 Å². The zero-order chi connectivity index (χ0) is 72.3. The highest BCUT2D eigenvalue weighted by Crippen LogP contribution is 2.45. The monoisotopic (exact) mass is 1420 g/mol. The fraction of sp³-hybridized carbons (Fsp3) is 0.617. The number of esters is 3. The van der Waals surface area contributed by atoms with Crippen molar-refractivity contribution < 1.29 is 75.8 Å². The van der Waals surface area contributed by atoms with Crippen molar-refractivity contribution >= 4 is 33.6 Å². The molecule has 0 fully saturated rings. The van der Waals surface area contributed by atoms with E-state index in [1.165, 1.54) is 25.7 Å². The lowest BCUT2D eigenvalue weighted by molar-refractivity contribution is -0.161. The summed E-state index contributed by atoms with van der Waals surface area (Å²) in [6, 6.07) is 0. The summed E-state index contributed by atoms with van der Waals surface area (Å²) in [6.45, 7) is 2.33. The molecular weight excluding hydrogens is 1290 g/mol. The molecular formula is C81H132O16P2. The molecule has 18 heteroatoms. The smallest absolute Gasteiger partial charge is 0.463 e. The summed E-state index contributed by atoms with van der Waals surface area (Å²) < 4.78 is 61.0. The number of phosphoric acid groups is 2. The Morgan fingerprint density at radius 3 is 0.848 bits per heavy atom. The number of aliphatic hydroxyl groups is 2. The van der Waals surface area contributed by atoms with Crippen LogP contribution in [0.4, 0.5) is 0 Å². The van der Waals surface area contributed by atoms with Gasteiger partial charge in [0.2, 0.25) is 0 Å². The second-order valence-corrected chi connectivity index (χ2v) is 27.2. The van der Waals surface area contributed by atoms with Crippen molar-refractivity contribution in [3.8, 4) is 0 Å². The quantitative estimate of drug-likeness (QED) is 0.0146. The minimum atomic E-state index is -4.95. The lowest BCUT2D eigenvalue weighted by Gasteiger charge is -2.21. The molecule has 0 radical (unpaired) electrons. The second kappa shape index (κ2) is 72.7. The molecule has 0 heterocycles. The van der Waals surface area contributed by atoms with Gasteiger partial charge in [-0.2, -0.15) is 0 Å². The Morgan fingerprint density at radius 2 is 0.535 bits per heavy atom. The maximum atomic E-state index is 13.0. The third-order valence-electron chi connectivity index (χ3n) is 14.9. The molecule has 562 valence electrons. The fourth-order valence-electron chi connectivity index (χ4n) is 9.25. The number of hydrogen-bond acceptors (Lipinski definition) is 14. The standard InChI is InChI=1S/C81H132O16P2/c1-4-7-10-13-16-19-22-25-28-31-33-35-36-37-38-40-42-44-46-49-52-55-58-61-64-67-79(84)91-70-76(82)71-93-98(87,88)94-72-77(83)73-95-99(89,90)96-75-78(97-81(86)69-66-63-60-57-54-51-48-43-30-27-24-21-18-15-12-9-6-3)74-92-80(85)68-65-62-59-56-53-50-47-45-41-39-34-32-29-26-23-20-17-14-11-8-5-2/h7,9-10,12,16-21,25-30,33-35,37-39,42,44-45,47-48,51,76-78,82-83H,4-6,8,11,13-15,22-24,31-32,36,40-41,43,46,49-50,52-75H2,1-3H3,(H,87,88)(H,89,90)/b10-7-,12-9-,19-16-,20-17-,21-18-,28-25-,29-26-,30-27-,35-33-,38-37-,39-34-,44-42-,47-45-,51-48-. The van der Waals surface area contributed by atoms with E-state index < -0.39 is 91.5 Å². The molecule has 0 aliphatic rings. The fourth-order valence-corrected chi connectivity index (χ4v) is 10.8. The van der Waals surface area contributed by atoms with Crippen molar-refractivity contribution in [2.24, 2.45) is 0 Å². The molecule has 0 saturated carbocycles. The highest BCUT2D eigenvalue weighted by atomic mass is 31.2. The minimum Gasteiger partial charge on any atom is -0.463 e. The van der Waals surface area contributed by atoms with E-state index in [4.69, 9.17) is 32.3 Å². The maximum absolute atomic E-state index is 13.0. The first kappa shape index (κ1) is 93.9. The van der Waals surface area contributed by atoms with Crippen molar-refractivity contribution in [3.05, 3.63) is 170 Å². The highest BCUT2D eigenvalue weighted by Gasteiger charge is 2.29. The molecule has 0 spiro atoms. The number of aliphatic hydroxyl groups excluding tert-OH is 2. The zero-order valence-electron chi connectivity index (χ0n) is 61.1. The summed E-state index contributed by atoms with van der Waals surface area (Å²) in [4.78, 5) is 58.6. The van der Waals surface area contributed by atoms with Crippen molar-refractivity contribution in [2.45, 2.75) is 283 Å². The minimum absolute atomic E-state index is 0.0654. The molecule has 0 saturated heterocycles. The van der Waals surface area contributed by atoms with E-state index in [0.717, 1.165) is 180 Å². The molecule has 0 aliphatic heterocycles. The first-order chi connectivity index (χ1) is 48.2. The van der Waals surface area contributed by atoms with Crippen LogP contribution in [0.1, 0.15) is 265 Å². The van der Waals surface area contributed by atoms with Gasteiger partial charge in [-0.15, -0.1) is 0 Å². The molecule has 4 N–H and O–H groups in total. The van der Waals surface area contributed by atoms with Crippen LogP contribution in [0.3, 0.4) is 0 Å². The molecule has 99 heavy (non-hydrogen) atoms. The number of hydrogen-bond donors (Lipinski definition) is 4. The Hall–Kier alpha value is -5.09. The Kier molecular flexibility index (Phi) is 69.0. The summed E-state index contributed by atoms with van der Waals surface area (Å²) in [7, 11) is -9.82. The van der Waals surface area contributed by atoms with Crippen LogP contribution in [0, 0.1) is 0 Å². The first-order valence-corrected chi connectivity index (χ1v) is 40.4. The number of unbranched alkanes of at least 4 members (excludes halogenated alkanes) is 18. The molecule has 0 bridgehead atoms. The predicted molar refractivity (Wildman–Crippen MR) is 408 cm³/mol. The van der Waals surface area contributed by atoms with Crippen LogP contribution >= 0.6 is 15.6 Å². The van der Waals surface area contributed by atoms with E-state index in [9.17, 15) is 43.5 Å². The van der Waals surface area contributed by atoms with Gasteiger partial charge in [0, 0.05) is 19.3 Å². The SMILES string of the molecule is CC/C=C\C/C=C\C/C=C\C/C=C\C/C=C\C/C=C\CCCCCCCCC(=O)OCC(O)COP(=O)(O)OCC(O)COP(=O)(O)OCC(COC(=O)CCCCCCC/C=C\C/C=C\C/C=C\C/C=C\CCCCC)OC(=O)CCCCCC/C=C\C/C=C\C/C=C\C/C=C\CC.